The normalized spacial score (nSPS) is 17.4. The molecular formula is C23H24N6O2S. The predicted molar refractivity (Wildman–Crippen MR) is 129 cm³/mol. The number of pyridine rings is 1. The minimum Gasteiger partial charge on any atom is -0.378 e. The van der Waals surface area contributed by atoms with Crippen LogP contribution in [-0.2, 0) is 9.53 Å². The minimum atomic E-state index is -0.463. The number of carbonyl (C=O) groups excluding carboxylic acids is 1. The number of fused-ring (bicyclic) bond motifs is 1. The summed E-state index contributed by atoms with van der Waals surface area (Å²) in [4.78, 5) is 23.5. The van der Waals surface area contributed by atoms with Crippen molar-refractivity contribution in [3.8, 4) is 11.4 Å². The maximum atomic E-state index is 11.8. The molecule has 0 saturated carbocycles. The highest BCUT2D eigenvalue weighted by atomic mass is 32.1. The van der Waals surface area contributed by atoms with Gasteiger partial charge in [-0.25, -0.2) is 9.97 Å². The third-order valence-corrected chi connectivity index (χ3v) is 6.42. The lowest BCUT2D eigenvalue weighted by molar-refractivity contribution is -0.109. The van der Waals surface area contributed by atoms with Crippen molar-refractivity contribution >= 4 is 46.0 Å². The van der Waals surface area contributed by atoms with Gasteiger partial charge in [0.1, 0.15) is 23.8 Å². The number of anilines is 4. The number of hydrogen-bond acceptors (Lipinski definition) is 9. The highest BCUT2D eigenvalue weighted by Crippen LogP contribution is 2.35. The molecule has 4 heterocycles. The summed E-state index contributed by atoms with van der Waals surface area (Å²) in [6.45, 7) is 3.29. The van der Waals surface area contributed by atoms with Gasteiger partial charge in [-0.2, -0.15) is 0 Å². The smallest absolute Gasteiger partial charge is 0.183 e. The average molecular weight is 449 g/mol. The predicted octanol–water partition coefficient (Wildman–Crippen LogP) is 3.64. The Bertz CT molecular complexity index is 1140. The Morgan fingerprint density at radius 2 is 2.00 bits per heavy atom. The molecule has 1 fully saturated rings. The van der Waals surface area contributed by atoms with Crippen molar-refractivity contribution in [2.45, 2.75) is 6.04 Å². The summed E-state index contributed by atoms with van der Waals surface area (Å²) in [7, 11) is 1.85. The van der Waals surface area contributed by atoms with Gasteiger partial charge in [0, 0.05) is 42.5 Å². The van der Waals surface area contributed by atoms with Crippen molar-refractivity contribution in [3.63, 3.8) is 0 Å². The third-order valence-electron chi connectivity index (χ3n) is 5.56. The van der Waals surface area contributed by atoms with Gasteiger partial charge < -0.3 is 30.4 Å². The van der Waals surface area contributed by atoms with Crippen LogP contribution in [0.3, 0.4) is 0 Å². The number of nitrogens with zero attached hydrogens (tertiary/aromatic N) is 3. The van der Waals surface area contributed by atoms with Crippen LogP contribution in [0.4, 0.5) is 22.3 Å². The number of benzene rings is 1. The minimum absolute atomic E-state index is 0.463. The molecule has 3 N–H and O–H groups in total. The zero-order valence-electron chi connectivity index (χ0n) is 17.7. The van der Waals surface area contributed by atoms with Crippen LogP contribution >= 0.6 is 11.3 Å². The number of hydrogen-bond donors (Lipinski definition) is 3. The quantitative estimate of drug-likeness (QED) is 0.493. The second kappa shape index (κ2) is 8.97. The van der Waals surface area contributed by atoms with Gasteiger partial charge >= 0.3 is 0 Å². The molecule has 2 aromatic heterocycles. The van der Waals surface area contributed by atoms with Gasteiger partial charge in [-0.05, 0) is 48.2 Å². The summed E-state index contributed by atoms with van der Waals surface area (Å²) in [5.41, 5.74) is 5.39. The van der Waals surface area contributed by atoms with E-state index in [4.69, 9.17) is 9.72 Å². The molecule has 32 heavy (non-hydrogen) atoms. The molecule has 8 nitrogen and oxygen atoms in total. The van der Waals surface area contributed by atoms with E-state index in [1.54, 1.807) is 6.20 Å². The van der Waals surface area contributed by atoms with Crippen molar-refractivity contribution in [1.29, 1.82) is 0 Å². The lowest BCUT2D eigenvalue weighted by Crippen LogP contribution is -2.36. The van der Waals surface area contributed by atoms with E-state index >= 15 is 0 Å². The van der Waals surface area contributed by atoms with Crippen LogP contribution in [0.5, 0.6) is 0 Å². The summed E-state index contributed by atoms with van der Waals surface area (Å²) in [5.74, 6) is 0.643. The van der Waals surface area contributed by atoms with E-state index in [9.17, 15) is 4.79 Å². The van der Waals surface area contributed by atoms with Crippen LogP contribution in [0.25, 0.3) is 17.5 Å². The Labute approximate surface area is 190 Å². The van der Waals surface area contributed by atoms with E-state index in [-0.39, 0.29) is 0 Å². The number of morpholine rings is 1. The molecule has 2 aliphatic rings. The summed E-state index contributed by atoms with van der Waals surface area (Å²) in [6, 6.07) is 9.78. The standard InChI is InChI=1S/C23H24N6O2S/c1-24-23-28-20(14-32-23)18-12-15-6-7-25-19(13-30)21(15)22(27-18)26-16-2-4-17(5-3-16)29-8-10-31-11-9-29/h2-7,12-14,19,25H,8-11H2,1H3,(H,24,28)(H,26,27). The molecule has 164 valence electrons. The summed E-state index contributed by atoms with van der Waals surface area (Å²) < 4.78 is 5.44. The lowest BCUT2D eigenvalue weighted by Gasteiger charge is -2.29. The molecule has 9 heteroatoms. The number of nitrogens with one attached hydrogen (secondary N) is 3. The molecular weight excluding hydrogens is 424 g/mol. The largest absolute Gasteiger partial charge is 0.378 e. The third kappa shape index (κ3) is 4.04. The molecule has 0 bridgehead atoms. The highest BCUT2D eigenvalue weighted by molar-refractivity contribution is 7.14. The van der Waals surface area contributed by atoms with Gasteiger partial charge in [0.05, 0.1) is 18.9 Å². The fourth-order valence-corrected chi connectivity index (χ4v) is 4.58. The summed E-state index contributed by atoms with van der Waals surface area (Å²) >= 11 is 1.53. The molecule has 0 radical (unpaired) electrons. The molecule has 1 unspecified atom stereocenters. The lowest BCUT2D eigenvalue weighted by atomic mass is 9.98. The van der Waals surface area contributed by atoms with Crippen LogP contribution in [0.15, 0.2) is 41.9 Å². The molecule has 0 amide bonds. The van der Waals surface area contributed by atoms with Crippen LogP contribution < -0.4 is 20.9 Å². The molecule has 2 aliphatic heterocycles. The van der Waals surface area contributed by atoms with Crippen molar-refractivity contribution in [1.82, 2.24) is 15.3 Å². The van der Waals surface area contributed by atoms with Crippen molar-refractivity contribution in [3.05, 3.63) is 53.0 Å². The maximum absolute atomic E-state index is 11.8. The fraction of sp³-hybridized carbons (Fsp3) is 0.261. The van der Waals surface area contributed by atoms with Crippen molar-refractivity contribution in [2.75, 3.05) is 48.9 Å². The van der Waals surface area contributed by atoms with Crippen molar-refractivity contribution < 1.29 is 9.53 Å². The molecule has 0 spiro atoms. The number of ether oxygens (including phenoxy) is 1. The number of rotatable bonds is 6. The molecule has 0 aliphatic carbocycles. The van der Waals surface area contributed by atoms with Gasteiger partial charge in [-0.15, -0.1) is 11.3 Å². The Morgan fingerprint density at radius 1 is 1.19 bits per heavy atom. The second-order valence-electron chi connectivity index (χ2n) is 7.53. The zero-order valence-corrected chi connectivity index (χ0v) is 18.5. The first-order valence-electron chi connectivity index (χ1n) is 10.5. The van der Waals surface area contributed by atoms with E-state index in [0.717, 1.165) is 65.9 Å². The first kappa shape index (κ1) is 20.5. The molecule has 5 rings (SSSR count). The maximum Gasteiger partial charge on any atom is 0.183 e. The Morgan fingerprint density at radius 3 is 2.72 bits per heavy atom. The van der Waals surface area contributed by atoms with E-state index in [2.05, 4.69) is 38.0 Å². The summed E-state index contributed by atoms with van der Waals surface area (Å²) in [5, 5.41) is 12.4. The van der Waals surface area contributed by atoms with E-state index < -0.39 is 6.04 Å². The fourth-order valence-electron chi connectivity index (χ4n) is 3.92. The van der Waals surface area contributed by atoms with Gasteiger partial charge in [0.15, 0.2) is 5.13 Å². The zero-order chi connectivity index (χ0) is 21.9. The summed E-state index contributed by atoms with van der Waals surface area (Å²) in [6.07, 6.45) is 4.66. The second-order valence-corrected chi connectivity index (χ2v) is 8.39. The van der Waals surface area contributed by atoms with Crippen molar-refractivity contribution in [2.24, 2.45) is 0 Å². The first-order valence-corrected chi connectivity index (χ1v) is 11.4. The Balaban J connectivity index is 1.49. The van der Waals surface area contributed by atoms with Gasteiger partial charge in [0.25, 0.3) is 0 Å². The molecule has 1 aromatic carbocycles. The monoisotopic (exact) mass is 448 g/mol. The van der Waals surface area contributed by atoms with E-state index in [1.165, 1.54) is 17.0 Å². The molecule has 1 atom stereocenters. The number of carbonyl (C=O) groups is 1. The van der Waals surface area contributed by atoms with Crippen LogP contribution in [0.2, 0.25) is 0 Å². The number of thiazole rings is 1. The Hall–Kier alpha value is -3.43. The van der Waals surface area contributed by atoms with Gasteiger partial charge in [0.2, 0.25) is 0 Å². The van der Waals surface area contributed by atoms with Gasteiger partial charge in [-0.1, -0.05) is 0 Å². The van der Waals surface area contributed by atoms with E-state index in [0.29, 0.717) is 5.82 Å². The number of aromatic nitrogens is 2. The first-order chi connectivity index (χ1) is 15.7. The molecule has 1 saturated heterocycles. The van der Waals surface area contributed by atoms with E-state index in [1.807, 2.05) is 36.7 Å². The number of aldehydes is 1. The molecule has 3 aromatic rings. The van der Waals surface area contributed by atoms with Crippen LogP contribution in [-0.4, -0.2) is 49.6 Å². The highest BCUT2D eigenvalue weighted by Gasteiger charge is 2.23. The average Bonchev–Trinajstić information content (AvgIpc) is 3.34. The van der Waals surface area contributed by atoms with Crippen LogP contribution in [0, 0.1) is 0 Å². The van der Waals surface area contributed by atoms with Gasteiger partial charge in [-0.3, -0.25) is 0 Å². The SMILES string of the molecule is CNc1nc(-c2cc3c(c(Nc4ccc(N5CCOCC5)cc4)n2)C(C=O)NC=C3)cs1. The Kier molecular flexibility index (Phi) is 5.74. The van der Waals surface area contributed by atoms with Crippen LogP contribution in [0.1, 0.15) is 17.2 Å². The topological polar surface area (TPSA) is 91.4 Å².